The number of thiazole rings is 1. The largest absolute Gasteiger partial charge is 0.394 e. The van der Waals surface area contributed by atoms with E-state index in [-0.39, 0.29) is 31.3 Å². The van der Waals surface area contributed by atoms with Crippen molar-refractivity contribution in [1.29, 1.82) is 0 Å². The van der Waals surface area contributed by atoms with E-state index in [0.717, 1.165) is 15.2 Å². The Labute approximate surface area is 183 Å². The molecule has 5 unspecified atom stereocenters. The Hall–Kier alpha value is -2.15. The Bertz CT molecular complexity index is 952. The molecule has 10 nitrogen and oxygen atoms in total. The average molecular weight is 454 g/mol. The molecule has 1 aliphatic heterocycles. The molecular formula is C20H27N3O7S. The van der Waals surface area contributed by atoms with Gasteiger partial charge in [0.05, 0.1) is 27.7 Å². The molecule has 2 amide bonds. The molecule has 0 radical (unpaired) electrons. The summed E-state index contributed by atoms with van der Waals surface area (Å²) in [5, 5.41) is 48.9. The van der Waals surface area contributed by atoms with E-state index in [1.54, 1.807) is 11.3 Å². The summed E-state index contributed by atoms with van der Waals surface area (Å²) in [5.41, 5.74) is 1.46. The number of aromatic nitrogens is 1. The van der Waals surface area contributed by atoms with Gasteiger partial charge in [-0.1, -0.05) is 0 Å². The van der Waals surface area contributed by atoms with E-state index in [0.29, 0.717) is 5.69 Å². The Morgan fingerprint density at radius 1 is 1.26 bits per heavy atom. The van der Waals surface area contributed by atoms with Gasteiger partial charge in [-0.3, -0.25) is 9.59 Å². The lowest BCUT2D eigenvalue weighted by Gasteiger charge is -2.29. The number of carbonyl (C=O) groups is 2. The highest BCUT2D eigenvalue weighted by atomic mass is 32.1. The summed E-state index contributed by atoms with van der Waals surface area (Å²) in [5.74, 6) is -1.20. The normalized spacial score (nSPS) is 20.7. The van der Waals surface area contributed by atoms with Gasteiger partial charge in [-0.2, -0.15) is 0 Å². The third kappa shape index (κ3) is 5.03. The molecule has 1 aromatic heterocycles. The van der Waals surface area contributed by atoms with Crippen LogP contribution in [0.5, 0.6) is 0 Å². The minimum absolute atomic E-state index is 0.0157. The van der Waals surface area contributed by atoms with Gasteiger partial charge in [-0.25, -0.2) is 4.98 Å². The molecule has 0 bridgehead atoms. The van der Waals surface area contributed by atoms with Gasteiger partial charge >= 0.3 is 0 Å². The average Bonchev–Trinajstić information content (AvgIpc) is 3.31. The number of benzene rings is 1. The predicted octanol–water partition coefficient (Wildman–Crippen LogP) is -1.15. The summed E-state index contributed by atoms with van der Waals surface area (Å²) in [7, 11) is 1.42. The maximum Gasteiger partial charge on any atom is 0.227 e. The SMILES string of the molecule is Cc1nc2cc(N3CC(C(=O)N(C)CC(O)C(O)C(O)C(O)CO)CC3=O)ccc2s1. The van der Waals surface area contributed by atoms with Crippen molar-refractivity contribution in [3.05, 3.63) is 23.2 Å². The molecule has 3 rings (SSSR count). The number of rotatable bonds is 8. The number of carbonyl (C=O) groups excluding carboxylic acids is 2. The van der Waals surface area contributed by atoms with Crippen LogP contribution in [-0.2, 0) is 9.59 Å². The van der Waals surface area contributed by atoms with Crippen LogP contribution < -0.4 is 4.90 Å². The molecule has 0 aliphatic carbocycles. The highest BCUT2D eigenvalue weighted by Gasteiger charge is 2.38. The number of hydrogen-bond acceptors (Lipinski definition) is 9. The van der Waals surface area contributed by atoms with Crippen LogP contribution >= 0.6 is 11.3 Å². The van der Waals surface area contributed by atoms with Crippen LogP contribution in [0.3, 0.4) is 0 Å². The molecule has 5 N–H and O–H groups in total. The van der Waals surface area contributed by atoms with Gasteiger partial charge < -0.3 is 35.3 Å². The van der Waals surface area contributed by atoms with E-state index >= 15 is 0 Å². The second-order valence-corrected chi connectivity index (χ2v) is 9.04. The predicted molar refractivity (Wildman–Crippen MR) is 114 cm³/mol. The van der Waals surface area contributed by atoms with Crippen LogP contribution in [0.15, 0.2) is 18.2 Å². The fraction of sp³-hybridized carbons (Fsp3) is 0.550. The Kier molecular flexibility index (Phi) is 7.24. The summed E-state index contributed by atoms with van der Waals surface area (Å²) in [4.78, 5) is 32.5. The van der Waals surface area contributed by atoms with Crippen molar-refractivity contribution >= 4 is 39.1 Å². The number of aryl methyl sites for hydroxylation is 1. The first kappa shape index (κ1) is 23.5. The minimum atomic E-state index is -1.77. The zero-order chi connectivity index (χ0) is 22.9. The van der Waals surface area contributed by atoms with Gasteiger partial charge in [0.1, 0.15) is 24.4 Å². The van der Waals surface area contributed by atoms with Crippen molar-refractivity contribution in [2.75, 3.05) is 31.6 Å². The molecule has 2 aromatic rings. The summed E-state index contributed by atoms with van der Waals surface area (Å²) >= 11 is 1.56. The summed E-state index contributed by atoms with van der Waals surface area (Å²) in [6.07, 6.45) is -6.68. The van der Waals surface area contributed by atoms with Crippen LogP contribution in [0.4, 0.5) is 5.69 Å². The first-order valence-electron chi connectivity index (χ1n) is 9.88. The molecule has 0 saturated carbocycles. The maximum absolute atomic E-state index is 12.8. The number of aliphatic hydroxyl groups is 5. The van der Waals surface area contributed by atoms with E-state index in [1.807, 2.05) is 25.1 Å². The van der Waals surface area contributed by atoms with Gasteiger partial charge in [0.15, 0.2) is 0 Å². The molecule has 31 heavy (non-hydrogen) atoms. The molecule has 1 aliphatic rings. The fourth-order valence-corrected chi connectivity index (χ4v) is 4.48. The Morgan fingerprint density at radius 2 is 1.94 bits per heavy atom. The zero-order valence-electron chi connectivity index (χ0n) is 17.2. The maximum atomic E-state index is 12.8. The third-order valence-electron chi connectivity index (χ3n) is 5.43. The fourth-order valence-electron chi connectivity index (χ4n) is 3.67. The van der Waals surface area contributed by atoms with E-state index in [4.69, 9.17) is 5.11 Å². The number of anilines is 1. The van der Waals surface area contributed by atoms with E-state index in [2.05, 4.69) is 4.98 Å². The highest BCUT2D eigenvalue weighted by Crippen LogP contribution is 2.30. The number of amides is 2. The van der Waals surface area contributed by atoms with Crippen LogP contribution in [0, 0.1) is 12.8 Å². The van der Waals surface area contributed by atoms with Crippen LogP contribution in [0.1, 0.15) is 11.4 Å². The molecule has 170 valence electrons. The second-order valence-electron chi connectivity index (χ2n) is 7.81. The molecule has 11 heteroatoms. The molecule has 1 aromatic carbocycles. The summed E-state index contributed by atoms with van der Waals surface area (Å²) in [6, 6.07) is 5.54. The molecule has 2 heterocycles. The summed E-state index contributed by atoms with van der Waals surface area (Å²) in [6.45, 7) is 0.988. The first-order chi connectivity index (χ1) is 14.6. The number of likely N-dealkylation sites (N-methyl/N-ethyl adjacent to an activating group) is 1. The number of hydrogen-bond donors (Lipinski definition) is 5. The van der Waals surface area contributed by atoms with Gasteiger partial charge in [-0.15, -0.1) is 11.3 Å². The van der Waals surface area contributed by atoms with Gasteiger partial charge in [0.25, 0.3) is 0 Å². The van der Waals surface area contributed by atoms with Crippen molar-refractivity contribution in [3.63, 3.8) is 0 Å². The number of nitrogens with zero attached hydrogens (tertiary/aromatic N) is 3. The topological polar surface area (TPSA) is 155 Å². The molecular weight excluding hydrogens is 426 g/mol. The van der Waals surface area contributed by atoms with Crippen molar-refractivity contribution in [3.8, 4) is 0 Å². The lowest BCUT2D eigenvalue weighted by Crippen LogP contribution is -2.50. The number of fused-ring (bicyclic) bond motifs is 1. The monoisotopic (exact) mass is 453 g/mol. The van der Waals surface area contributed by atoms with Gasteiger partial charge in [-0.05, 0) is 25.1 Å². The lowest BCUT2D eigenvalue weighted by atomic mass is 10.0. The molecule has 5 atom stereocenters. The Balaban J connectivity index is 1.63. The quantitative estimate of drug-likeness (QED) is 0.336. The Morgan fingerprint density at radius 3 is 2.61 bits per heavy atom. The molecule has 1 saturated heterocycles. The van der Waals surface area contributed by atoms with Gasteiger partial charge in [0.2, 0.25) is 11.8 Å². The first-order valence-corrected chi connectivity index (χ1v) is 10.7. The van der Waals surface area contributed by atoms with Crippen LogP contribution in [0.25, 0.3) is 10.2 Å². The van der Waals surface area contributed by atoms with Gasteiger partial charge in [0, 0.05) is 32.2 Å². The van der Waals surface area contributed by atoms with Crippen molar-refractivity contribution < 1.29 is 35.1 Å². The van der Waals surface area contributed by atoms with E-state index < -0.39 is 36.9 Å². The molecule has 0 spiro atoms. The zero-order valence-corrected chi connectivity index (χ0v) is 18.1. The number of aliphatic hydroxyl groups excluding tert-OH is 5. The summed E-state index contributed by atoms with van der Waals surface area (Å²) < 4.78 is 1.02. The lowest BCUT2D eigenvalue weighted by molar-refractivity contribution is -0.141. The van der Waals surface area contributed by atoms with E-state index in [9.17, 15) is 30.0 Å². The van der Waals surface area contributed by atoms with Crippen molar-refractivity contribution in [2.45, 2.75) is 37.8 Å². The van der Waals surface area contributed by atoms with Crippen LogP contribution in [-0.4, -0.2) is 98.4 Å². The smallest absolute Gasteiger partial charge is 0.227 e. The minimum Gasteiger partial charge on any atom is -0.394 e. The van der Waals surface area contributed by atoms with Crippen molar-refractivity contribution in [1.82, 2.24) is 9.88 Å². The highest BCUT2D eigenvalue weighted by molar-refractivity contribution is 7.18. The van der Waals surface area contributed by atoms with Crippen LogP contribution in [0.2, 0.25) is 0 Å². The second kappa shape index (κ2) is 9.55. The standard InChI is InChI=1S/C20H27N3O7S/c1-10-21-13-6-12(3-4-16(13)31-10)23-7-11(5-17(23)27)20(30)22(2)8-14(25)18(28)19(29)15(26)9-24/h3-4,6,11,14-15,18-19,24-26,28-29H,5,7-9H2,1-2H3. The third-order valence-corrected chi connectivity index (χ3v) is 6.38. The molecule has 1 fully saturated rings. The van der Waals surface area contributed by atoms with Crippen molar-refractivity contribution in [2.24, 2.45) is 5.92 Å². The van der Waals surface area contributed by atoms with E-state index in [1.165, 1.54) is 16.8 Å².